The molecule has 1 aliphatic heterocycles. The molecule has 11 heteroatoms. The summed E-state index contributed by atoms with van der Waals surface area (Å²) in [6, 6.07) is 1.71. The Morgan fingerprint density at radius 2 is 2.15 bits per heavy atom. The van der Waals surface area contributed by atoms with Crippen molar-refractivity contribution in [1.82, 2.24) is 19.4 Å². The van der Waals surface area contributed by atoms with Gasteiger partial charge in [-0.3, -0.25) is 9.20 Å². The third kappa shape index (κ3) is 3.34. The van der Waals surface area contributed by atoms with Crippen LogP contribution in [0, 0.1) is 5.92 Å². The summed E-state index contributed by atoms with van der Waals surface area (Å²) in [7, 11) is 0. The van der Waals surface area contributed by atoms with Crippen LogP contribution in [0.2, 0.25) is 0 Å². The summed E-state index contributed by atoms with van der Waals surface area (Å²) < 4.78 is 40.2. The van der Waals surface area contributed by atoms with Crippen LogP contribution in [0.15, 0.2) is 24.7 Å². The van der Waals surface area contributed by atoms with Crippen LogP contribution in [0.1, 0.15) is 17.7 Å². The molecule has 1 aliphatic rings. The van der Waals surface area contributed by atoms with Gasteiger partial charge in [-0.25, -0.2) is 15.0 Å². The van der Waals surface area contributed by atoms with Crippen LogP contribution in [0.5, 0.6) is 0 Å². The van der Waals surface area contributed by atoms with Gasteiger partial charge < -0.3 is 10.6 Å². The molecule has 4 heterocycles. The van der Waals surface area contributed by atoms with Gasteiger partial charge in [-0.05, 0) is 18.9 Å². The number of carbonyl (C=O) groups excluding carboxylic acids is 1. The molecule has 1 fully saturated rings. The van der Waals surface area contributed by atoms with Crippen molar-refractivity contribution in [2.45, 2.75) is 19.0 Å². The minimum Gasteiger partial charge on any atom is -0.369 e. The number of hydrogen-bond acceptors (Lipinski definition) is 6. The van der Waals surface area contributed by atoms with E-state index in [1.54, 1.807) is 12.3 Å². The molecule has 0 aromatic carbocycles. The maximum atomic E-state index is 12.9. The average Bonchev–Trinajstić information content (AvgIpc) is 3.22. The summed E-state index contributed by atoms with van der Waals surface area (Å²) in [5.74, 6) is 0.286. The maximum absolute atomic E-state index is 12.9. The van der Waals surface area contributed by atoms with Gasteiger partial charge in [-0.1, -0.05) is 11.3 Å². The molecule has 142 valence electrons. The largest absolute Gasteiger partial charge is 0.427 e. The molecule has 3 aromatic rings. The molecule has 0 bridgehead atoms. The molecule has 0 aliphatic carbocycles. The first kappa shape index (κ1) is 17.7. The van der Waals surface area contributed by atoms with E-state index in [4.69, 9.17) is 5.73 Å². The van der Waals surface area contributed by atoms with Crippen LogP contribution < -0.4 is 10.6 Å². The fraction of sp³-hybridized carbons (Fsp3) is 0.375. The summed E-state index contributed by atoms with van der Waals surface area (Å²) in [6.45, 7) is 1.18. The van der Waals surface area contributed by atoms with Crippen molar-refractivity contribution in [3.8, 4) is 11.5 Å². The van der Waals surface area contributed by atoms with E-state index in [0.29, 0.717) is 29.4 Å². The van der Waals surface area contributed by atoms with Gasteiger partial charge in [0.05, 0.1) is 12.1 Å². The zero-order valence-electron chi connectivity index (χ0n) is 14.0. The Morgan fingerprint density at radius 1 is 1.33 bits per heavy atom. The highest BCUT2D eigenvalue weighted by Gasteiger charge is 2.34. The smallest absolute Gasteiger partial charge is 0.369 e. The summed E-state index contributed by atoms with van der Waals surface area (Å²) in [6.07, 6.45) is 1.12. The van der Waals surface area contributed by atoms with E-state index in [-0.39, 0.29) is 22.6 Å². The van der Waals surface area contributed by atoms with Crippen LogP contribution in [0.4, 0.5) is 19.0 Å². The summed E-state index contributed by atoms with van der Waals surface area (Å²) in [4.78, 5) is 25.6. The quantitative estimate of drug-likeness (QED) is 0.735. The SMILES string of the molecule is NC(=O)C1CCCN(c2ccnc(-c3cnc4sc(C(F)(F)F)cn34)n2)C1. The van der Waals surface area contributed by atoms with Gasteiger partial charge in [0.15, 0.2) is 10.8 Å². The Hall–Kier alpha value is -2.69. The van der Waals surface area contributed by atoms with E-state index >= 15 is 0 Å². The first-order chi connectivity index (χ1) is 12.8. The van der Waals surface area contributed by atoms with Gasteiger partial charge in [0, 0.05) is 25.5 Å². The van der Waals surface area contributed by atoms with E-state index in [1.165, 1.54) is 10.6 Å². The highest BCUT2D eigenvalue weighted by atomic mass is 32.1. The fourth-order valence-corrected chi connectivity index (χ4v) is 3.97. The fourth-order valence-electron chi connectivity index (χ4n) is 3.15. The van der Waals surface area contributed by atoms with Crippen molar-refractivity contribution >= 4 is 28.0 Å². The molecule has 0 radical (unpaired) electrons. The zero-order chi connectivity index (χ0) is 19.2. The zero-order valence-corrected chi connectivity index (χ0v) is 14.8. The standard InChI is InChI=1S/C16H15F3N6OS/c17-16(18,19)11-8-25-10(6-22-15(25)27-11)14-21-4-3-12(23-14)24-5-1-2-9(7-24)13(20)26/h3-4,6,8-9H,1-2,5,7H2,(H2,20,26). The lowest BCUT2D eigenvalue weighted by Crippen LogP contribution is -2.41. The number of hydrogen-bond donors (Lipinski definition) is 1. The molecule has 1 atom stereocenters. The van der Waals surface area contributed by atoms with E-state index in [9.17, 15) is 18.0 Å². The number of piperidine rings is 1. The molecular formula is C16H15F3N6OS. The number of nitrogens with two attached hydrogens (primary N) is 1. The van der Waals surface area contributed by atoms with Gasteiger partial charge in [0.2, 0.25) is 5.91 Å². The lowest BCUT2D eigenvalue weighted by Gasteiger charge is -2.32. The third-order valence-electron chi connectivity index (χ3n) is 4.51. The molecule has 7 nitrogen and oxygen atoms in total. The molecule has 0 saturated carbocycles. The molecule has 3 aromatic heterocycles. The normalized spacial score (nSPS) is 18.2. The average molecular weight is 396 g/mol. The number of rotatable bonds is 3. The summed E-state index contributed by atoms with van der Waals surface area (Å²) >= 11 is 0.565. The molecule has 1 amide bonds. The van der Waals surface area contributed by atoms with Crippen molar-refractivity contribution in [3.05, 3.63) is 29.5 Å². The molecule has 4 rings (SSSR count). The number of thiazole rings is 1. The number of nitrogens with zero attached hydrogens (tertiary/aromatic N) is 5. The van der Waals surface area contributed by atoms with Gasteiger partial charge in [-0.15, -0.1) is 0 Å². The summed E-state index contributed by atoms with van der Waals surface area (Å²) in [5, 5.41) is 0. The van der Waals surface area contributed by atoms with Crippen LogP contribution in [0.3, 0.4) is 0 Å². The number of imidazole rings is 1. The van der Waals surface area contributed by atoms with Crippen LogP contribution in [-0.2, 0) is 11.0 Å². The number of anilines is 1. The minimum atomic E-state index is -4.43. The molecule has 1 saturated heterocycles. The molecular weight excluding hydrogens is 381 g/mol. The second-order valence-corrected chi connectivity index (χ2v) is 7.32. The number of fused-ring (bicyclic) bond motifs is 1. The number of alkyl halides is 3. The Kier molecular flexibility index (Phi) is 4.25. The summed E-state index contributed by atoms with van der Waals surface area (Å²) in [5.41, 5.74) is 5.79. The maximum Gasteiger partial charge on any atom is 0.427 e. The van der Waals surface area contributed by atoms with Crippen molar-refractivity contribution in [3.63, 3.8) is 0 Å². The number of aromatic nitrogens is 4. The van der Waals surface area contributed by atoms with Gasteiger partial charge in [-0.2, -0.15) is 13.2 Å². The number of halogens is 3. The van der Waals surface area contributed by atoms with Gasteiger partial charge in [0.25, 0.3) is 0 Å². The predicted molar refractivity (Wildman–Crippen MR) is 93.2 cm³/mol. The number of primary amides is 1. The Morgan fingerprint density at radius 3 is 2.89 bits per heavy atom. The van der Waals surface area contributed by atoms with Gasteiger partial charge in [0.1, 0.15) is 16.4 Å². The number of carbonyl (C=O) groups is 1. The van der Waals surface area contributed by atoms with Crippen molar-refractivity contribution < 1.29 is 18.0 Å². The lowest BCUT2D eigenvalue weighted by atomic mass is 9.97. The van der Waals surface area contributed by atoms with E-state index in [0.717, 1.165) is 25.6 Å². The topological polar surface area (TPSA) is 89.4 Å². The Balaban J connectivity index is 1.68. The van der Waals surface area contributed by atoms with Crippen molar-refractivity contribution in [2.75, 3.05) is 18.0 Å². The lowest BCUT2D eigenvalue weighted by molar-refractivity contribution is -0.134. The van der Waals surface area contributed by atoms with Gasteiger partial charge >= 0.3 is 6.18 Å². The first-order valence-electron chi connectivity index (χ1n) is 8.24. The van der Waals surface area contributed by atoms with Crippen LogP contribution in [0.25, 0.3) is 16.5 Å². The van der Waals surface area contributed by atoms with Crippen molar-refractivity contribution in [2.24, 2.45) is 11.7 Å². The third-order valence-corrected chi connectivity index (χ3v) is 5.55. The van der Waals surface area contributed by atoms with E-state index < -0.39 is 11.1 Å². The first-order valence-corrected chi connectivity index (χ1v) is 9.06. The van der Waals surface area contributed by atoms with E-state index in [2.05, 4.69) is 15.0 Å². The predicted octanol–water partition coefficient (Wildman–Crippen LogP) is 2.57. The molecule has 27 heavy (non-hydrogen) atoms. The van der Waals surface area contributed by atoms with E-state index in [1.807, 2.05) is 4.90 Å². The van der Waals surface area contributed by atoms with Crippen molar-refractivity contribution in [1.29, 1.82) is 0 Å². The molecule has 1 unspecified atom stereocenters. The monoisotopic (exact) mass is 396 g/mol. The molecule has 2 N–H and O–H groups in total. The number of amides is 1. The highest BCUT2D eigenvalue weighted by Crippen LogP contribution is 2.36. The van der Waals surface area contributed by atoms with Crippen LogP contribution in [-0.4, -0.2) is 38.3 Å². The minimum absolute atomic E-state index is 0.220. The molecule has 0 spiro atoms. The Bertz CT molecular complexity index is 998. The second-order valence-electron chi connectivity index (χ2n) is 6.32. The second kappa shape index (κ2) is 6.48. The Labute approximate surface area is 155 Å². The van der Waals surface area contributed by atoms with Crippen LogP contribution >= 0.6 is 11.3 Å². The highest BCUT2D eigenvalue weighted by molar-refractivity contribution is 7.17.